The zero-order valence-electron chi connectivity index (χ0n) is 12.5. The van der Waals surface area contributed by atoms with Crippen molar-refractivity contribution in [3.05, 3.63) is 34.9 Å². The number of rotatable bonds is 6. The predicted octanol–water partition coefficient (Wildman–Crippen LogP) is 2.81. The molecule has 1 aromatic rings. The smallest absolute Gasteiger partial charge is 0.251 e. The first-order valence-electron chi connectivity index (χ1n) is 7.87. The molecule has 0 bridgehead atoms. The Hall–Kier alpha value is -1.35. The number of aryl methyl sites for hydroxylation is 2. The molecule has 0 saturated carbocycles. The second kappa shape index (κ2) is 7.44. The summed E-state index contributed by atoms with van der Waals surface area (Å²) in [4.78, 5) is 12.3. The van der Waals surface area contributed by atoms with Crippen molar-refractivity contribution in [2.45, 2.75) is 57.9 Å². The minimum atomic E-state index is 0.0185. The van der Waals surface area contributed by atoms with Crippen molar-refractivity contribution in [1.82, 2.24) is 5.32 Å². The summed E-state index contributed by atoms with van der Waals surface area (Å²) in [5.41, 5.74) is 9.27. The third kappa shape index (κ3) is 3.83. The van der Waals surface area contributed by atoms with Crippen LogP contribution in [0.1, 0.15) is 60.5 Å². The molecule has 0 aromatic heterocycles. The lowest BCUT2D eigenvalue weighted by atomic mass is 9.90. The Morgan fingerprint density at radius 3 is 2.75 bits per heavy atom. The van der Waals surface area contributed by atoms with Crippen LogP contribution < -0.4 is 11.1 Å². The standard InChI is InChI=1S/C17H26N2O/c1-2-3-8-16(12-18)19-17(20)15-10-9-13-6-4-5-7-14(13)11-15/h9-11,16H,2-8,12,18H2,1H3,(H,19,20). The van der Waals surface area contributed by atoms with E-state index in [0.29, 0.717) is 6.54 Å². The second-order valence-corrected chi connectivity index (χ2v) is 5.74. The molecule has 3 nitrogen and oxygen atoms in total. The fourth-order valence-electron chi connectivity index (χ4n) is 2.84. The Morgan fingerprint density at radius 2 is 2.05 bits per heavy atom. The monoisotopic (exact) mass is 274 g/mol. The Balaban J connectivity index is 2.01. The lowest BCUT2D eigenvalue weighted by molar-refractivity contribution is 0.0935. The van der Waals surface area contributed by atoms with E-state index < -0.39 is 0 Å². The molecule has 1 unspecified atom stereocenters. The van der Waals surface area contributed by atoms with Gasteiger partial charge in [-0.15, -0.1) is 0 Å². The molecule has 1 aliphatic rings. The molecule has 0 spiro atoms. The molecular weight excluding hydrogens is 248 g/mol. The first-order valence-corrected chi connectivity index (χ1v) is 7.87. The molecular formula is C17H26N2O. The van der Waals surface area contributed by atoms with E-state index in [1.54, 1.807) is 0 Å². The maximum absolute atomic E-state index is 12.3. The molecule has 0 aliphatic heterocycles. The van der Waals surface area contributed by atoms with E-state index in [1.165, 1.54) is 24.0 Å². The van der Waals surface area contributed by atoms with Gasteiger partial charge in [0.05, 0.1) is 0 Å². The van der Waals surface area contributed by atoms with Crippen molar-refractivity contribution in [3.63, 3.8) is 0 Å². The number of hydrogen-bond donors (Lipinski definition) is 2. The Bertz CT molecular complexity index is 456. The lowest BCUT2D eigenvalue weighted by Gasteiger charge is -2.19. The highest BCUT2D eigenvalue weighted by Gasteiger charge is 2.15. The van der Waals surface area contributed by atoms with Crippen LogP contribution in [0.25, 0.3) is 0 Å². The van der Waals surface area contributed by atoms with Gasteiger partial charge < -0.3 is 11.1 Å². The van der Waals surface area contributed by atoms with Gasteiger partial charge in [-0.05, 0) is 55.4 Å². The number of benzene rings is 1. The second-order valence-electron chi connectivity index (χ2n) is 5.74. The van der Waals surface area contributed by atoms with Crippen LogP contribution >= 0.6 is 0 Å². The normalized spacial score (nSPS) is 15.5. The zero-order chi connectivity index (χ0) is 14.4. The topological polar surface area (TPSA) is 55.1 Å². The Kier molecular flexibility index (Phi) is 5.60. The zero-order valence-corrected chi connectivity index (χ0v) is 12.5. The van der Waals surface area contributed by atoms with Crippen LogP contribution in [0.5, 0.6) is 0 Å². The van der Waals surface area contributed by atoms with Gasteiger partial charge in [-0.2, -0.15) is 0 Å². The van der Waals surface area contributed by atoms with Crippen molar-refractivity contribution in [2.75, 3.05) is 6.54 Å². The number of carbonyl (C=O) groups is 1. The van der Waals surface area contributed by atoms with E-state index in [0.717, 1.165) is 37.7 Å². The molecule has 1 aliphatic carbocycles. The first kappa shape index (κ1) is 15.0. The van der Waals surface area contributed by atoms with E-state index in [1.807, 2.05) is 6.07 Å². The number of nitrogens with two attached hydrogens (primary N) is 1. The third-order valence-corrected chi connectivity index (χ3v) is 4.14. The van der Waals surface area contributed by atoms with Gasteiger partial charge in [0.2, 0.25) is 0 Å². The Labute approximate surface area is 121 Å². The average Bonchev–Trinajstić information content (AvgIpc) is 2.50. The van der Waals surface area contributed by atoms with Crippen LogP contribution in [0.15, 0.2) is 18.2 Å². The maximum Gasteiger partial charge on any atom is 0.251 e. The minimum Gasteiger partial charge on any atom is -0.348 e. The number of unbranched alkanes of at least 4 members (excludes halogenated alkanes) is 1. The van der Waals surface area contributed by atoms with Crippen molar-refractivity contribution in [1.29, 1.82) is 0 Å². The van der Waals surface area contributed by atoms with Gasteiger partial charge in [0.1, 0.15) is 0 Å². The number of hydrogen-bond acceptors (Lipinski definition) is 2. The van der Waals surface area contributed by atoms with Crippen LogP contribution in [0.4, 0.5) is 0 Å². The van der Waals surface area contributed by atoms with Gasteiger partial charge in [0.25, 0.3) is 5.91 Å². The minimum absolute atomic E-state index is 0.0185. The van der Waals surface area contributed by atoms with Gasteiger partial charge in [0.15, 0.2) is 0 Å². The molecule has 0 radical (unpaired) electrons. The predicted molar refractivity (Wildman–Crippen MR) is 82.9 cm³/mol. The summed E-state index contributed by atoms with van der Waals surface area (Å²) in [5.74, 6) is 0.0185. The van der Waals surface area contributed by atoms with E-state index in [-0.39, 0.29) is 11.9 Å². The van der Waals surface area contributed by atoms with Gasteiger partial charge in [-0.3, -0.25) is 4.79 Å². The summed E-state index contributed by atoms with van der Waals surface area (Å²) >= 11 is 0. The van der Waals surface area contributed by atoms with Crippen LogP contribution in [0.2, 0.25) is 0 Å². The number of carbonyl (C=O) groups excluding carboxylic acids is 1. The lowest BCUT2D eigenvalue weighted by Crippen LogP contribution is -2.40. The molecule has 0 fully saturated rings. The Morgan fingerprint density at radius 1 is 1.30 bits per heavy atom. The quantitative estimate of drug-likeness (QED) is 0.838. The number of nitrogens with one attached hydrogen (secondary N) is 1. The molecule has 1 atom stereocenters. The SMILES string of the molecule is CCCCC(CN)NC(=O)c1ccc2c(c1)CCCC2. The van der Waals surface area contributed by atoms with Crippen molar-refractivity contribution in [2.24, 2.45) is 5.73 Å². The summed E-state index contributed by atoms with van der Waals surface area (Å²) in [7, 11) is 0. The van der Waals surface area contributed by atoms with E-state index in [9.17, 15) is 4.79 Å². The van der Waals surface area contributed by atoms with E-state index in [4.69, 9.17) is 5.73 Å². The van der Waals surface area contributed by atoms with Gasteiger partial charge in [-0.1, -0.05) is 25.8 Å². The summed E-state index contributed by atoms with van der Waals surface area (Å²) in [6.45, 7) is 2.66. The van der Waals surface area contributed by atoms with Crippen molar-refractivity contribution in [3.8, 4) is 0 Å². The van der Waals surface area contributed by atoms with Crippen LogP contribution in [0, 0.1) is 0 Å². The van der Waals surface area contributed by atoms with Gasteiger partial charge >= 0.3 is 0 Å². The highest BCUT2D eigenvalue weighted by atomic mass is 16.1. The van der Waals surface area contributed by atoms with E-state index >= 15 is 0 Å². The summed E-state index contributed by atoms with van der Waals surface area (Å²) in [6, 6.07) is 6.23. The molecule has 3 heteroatoms. The molecule has 1 aromatic carbocycles. The molecule has 1 amide bonds. The average molecular weight is 274 g/mol. The fraction of sp³-hybridized carbons (Fsp3) is 0.588. The third-order valence-electron chi connectivity index (χ3n) is 4.14. The molecule has 20 heavy (non-hydrogen) atoms. The van der Waals surface area contributed by atoms with Gasteiger partial charge in [-0.25, -0.2) is 0 Å². The highest BCUT2D eigenvalue weighted by Crippen LogP contribution is 2.22. The molecule has 3 N–H and O–H groups in total. The summed E-state index contributed by atoms with van der Waals surface area (Å²) in [5, 5.41) is 3.06. The first-order chi connectivity index (χ1) is 9.74. The highest BCUT2D eigenvalue weighted by molar-refractivity contribution is 5.94. The van der Waals surface area contributed by atoms with Crippen LogP contribution in [0.3, 0.4) is 0 Å². The number of amides is 1. The maximum atomic E-state index is 12.3. The molecule has 2 rings (SSSR count). The summed E-state index contributed by atoms with van der Waals surface area (Å²) in [6.07, 6.45) is 7.96. The molecule has 0 heterocycles. The fourth-order valence-corrected chi connectivity index (χ4v) is 2.84. The van der Waals surface area contributed by atoms with Crippen molar-refractivity contribution < 1.29 is 4.79 Å². The molecule has 110 valence electrons. The number of fused-ring (bicyclic) bond motifs is 1. The van der Waals surface area contributed by atoms with Crippen LogP contribution in [-0.2, 0) is 12.8 Å². The van der Waals surface area contributed by atoms with E-state index in [2.05, 4.69) is 24.4 Å². The van der Waals surface area contributed by atoms with Crippen molar-refractivity contribution >= 4 is 5.91 Å². The molecule has 0 saturated heterocycles. The largest absolute Gasteiger partial charge is 0.348 e. The summed E-state index contributed by atoms with van der Waals surface area (Å²) < 4.78 is 0. The van der Waals surface area contributed by atoms with Gasteiger partial charge in [0, 0.05) is 18.2 Å². The van der Waals surface area contributed by atoms with Crippen LogP contribution in [-0.4, -0.2) is 18.5 Å².